The quantitative estimate of drug-likeness (QED) is 0.654. The molecule has 18 heavy (non-hydrogen) atoms. The van der Waals surface area contributed by atoms with Gasteiger partial charge >= 0.3 is 0 Å². The van der Waals surface area contributed by atoms with Crippen molar-refractivity contribution in [3.63, 3.8) is 0 Å². The van der Waals surface area contributed by atoms with Crippen molar-refractivity contribution in [1.29, 1.82) is 0 Å². The van der Waals surface area contributed by atoms with Crippen LogP contribution in [0.15, 0.2) is 36.4 Å². The molecule has 0 atom stereocenters. The van der Waals surface area contributed by atoms with E-state index in [0.29, 0.717) is 11.1 Å². The van der Waals surface area contributed by atoms with Crippen molar-refractivity contribution in [2.45, 2.75) is 6.92 Å². The van der Waals surface area contributed by atoms with E-state index in [1.807, 2.05) is 6.92 Å². The van der Waals surface area contributed by atoms with Gasteiger partial charge in [-0.2, -0.15) is 0 Å². The molecule has 3 nitrogen and oxygen atoms in total. The van der Waals surface area contributed by atoms with Crippen LogP contribution in [0.5, 0.6) is 5.75 Å². The molecule has 0 bridgehead atoms. The number of aryl methyl sites for hydroxylation is 1. The highest BCUT2D eigenvalue weighted by Crippen LogP contribution is 2.32. The molecule has 0 saturated carbocycles. The summed E-state index contributed by atoms with van der Waals surface area (Å²) in [5.74, 6) is -0.644. The van der Waals surface area contributed by atoms with E-state index in [-0.39, 0.29) is 28.4 Å². The zero-order valence-electron chi connectivity index (χ0n) is 9.73. The summed E-state index contributed by atoms with van der Waals surface area (Å²) in [4.78, 5) is 24.6. The van der Waals surface area contributed by atoms with Gasteiger partial charge in [-0.1, -0.05) is 29.8 Å². The van der Waals surface area contributed by atoms with Crippen LogP contribution in [-0.2, 0) is 0 Å². The number of ketones is 2. The number of carbonyl (C=O) groups excluding carboxylic acids is 2. The van der Waals surface area contributed by atoms with E-state index in [9.17, 15) is 14.7 Å². The van der Waals surface area contributed by atoms with Gasteiger partial charge in [0.15, 0.2) is 11.6 Å². The van der Waals surface area contributed by atoms with Gasteiger partial charge in [0.2, 0.25) is 0 Å². The summed E-state index contributed by atoms with van der Waals surface area (Å²) in [5.41, 5.74) is 2.07. The number of benzene rings is 2. The molecule has 1 aliphatic rings. The van der Waals surface area contributed by atoms with Crippen molar-refractivity contribution in [3.05, 3.63) is 64.2 Å². The first-order valence-corrected chi connectivity index (χ1v) is 5.61. The van der Waals surface area contributed by atoms with Crippen LogP contribution in [0.1, 0.15) is 37.4 Å². The average molecular weight is 238 g/mol. The predicted molar refractivity (Wildman–Crippen MR) is 66.2 cm³/mol. The second-order valence-corrected chi connectivity index (χ2v) is 4.41. The van der Waals surface area contributed by atoms with Crippen molar-refractivity contribution in [3.8, 4) is 5.75 Å². The van der Waals surface area contributed by atoms with Crippen LogP contribution in [0, 0.1) is 6.92 Å². The van der Waals surface area contributed by atoms with Gasteiger partial charge in [-0.3, -0.25) is 9.59 Å². The van der Waals surface area contributed by atoms with E-state index in [2.05, 4.69) is 0 Å². The molecule has 1 aliphatic carbocycles. The molecule has 0 saturated heterocycles. The Hall–Kier alpha value is -2.42. The van der Waals surface area contributed by atoms with Crippen molar-refractivity contribution in [2.75, 3.05) is 0 Å². The highest BCUT2D eigenvalue weighted by molar-refractivity contribution is 6.29. The highest BCUT2D eigenvalue weighted by atomic mass is 16.3. The SMILES string of the molecule is Cc1ccc2c(c1)C(=O)c1c(O)cccc1C2=O. The topological polar surface area (TPSA) is 54.4 Å². The number of hydrogen-bond acceptors (Lipinski definition) is 3. The molecule has 0 fully saturated rings. The number of phenols is 1. The second kappa shape index (κ2) is 3.53. The van der Waals surface area contributed by atoms with Gasteiger partial charge < -0.3 is 5.11 Å². The third kappa shape index (κ3) is 1.31. The van der Waals surface area contributed by atoms with Crippen LogP contribution in [-0.4, -0.2) is 16.7 Å². The summed E-state index contributed by atoms with van der Waals surface area (Å²) in [6.07, 6.45) is 0. The Kier molecular flexibility index (Phi) is 2.10. The Morgan fingerprint density at radius 2 is 1.67 bits per heavy atom. The van der Waals surface area contributed by atoms with Gasteiger partial charge in [0.05, 0.1) is 5.56 Å². The molecule has 3 heteroatoms. The van der Waals surface area contributed by atoms with E-state index in [4.69, 9.17) is 0 Å². The highest BCUT2D eigenvalue weighted by Gasteiger charge is 2.31. The maximum absolute atomic E-state index is 12.3. The lowest BCUT2D eigenvalue weighted by atomic mass is 9.83. The lowest BCUT2D eigenvalue weighted by molar-refractivity contribution is 0.0976. The molecular formula is C15H10O3. The minimum atomic E-state index is -0.290. The fourth-order valence-corrected chi connectivity index (χ4v) is 2.29. The zero-order chi connectivity index (χ0) is 12.9. The number of carbonyl (C=O) groups is 2. The fourth-order valence-electron chi connectivity index (χ4n) is 2.29. The zero-order valence-corrected chi connectivity index (χ0v) is 9.73. The monoisotopic (exact) mass is 238 g/mol. The van der Waals surface area contributed by atoms with Crippen LogP contribution in [0.3, 0.4) is 0 Å². The van der Waals surface area contributed by atoms with E-state index in [0.717, 1.165) is 5.56 Å². The normalized spacial score (nSPS) is 13.2. The van der Waals surface area contributed by atoms with Crippen molar-refractivity contribution in [2.24, 2.45) is 0 Å². The molecule has 0 amide bonds. The molecule has 2 aromatic carbocycles. The van der Waals surface area contributed by atoms with Crippen LogP contribution in [0.25, 0.3) is 0 Å². The van der Waals surface area contributed by atoms with Gasteiger partial charge in [0.1, 0.15) is 5.75 Å². The van der Waals surface area contributed by atoms with Gasteiger partial charge in [0.25, 0.3) is 0 Å². The molecule has 0 spiro atoms. The molecule has 3 rings (SSSR count). The molecule has 2 aromatic rings. The Bertz CT molecular complexity index is 699. The van der Waals surface area contributed by atoms with E-state index in [1.165, 1.54) is 6.07 Å². The number of phenolic OH excluding ortho intramolecular Hbond substituents is 1. The molecule has 88 valence electrons. The number of hydrogen-bond donors (Lipinski definition) is 1. The van der Waals surface area contributed by atoms with Crippen LogP contribution >= 0.6 is 0 Å². The molecule has 0 unspecified atom stereocenters. The standard InChI is InChI=1S/C15H10O3/c1-8-5-6-9-11(7-8)15(18)13-10(14(9)17)3-2-4-12(13)16/h2-7,16H,1H3. The third-order valence-corrected chi connectivity index (χ3v) is 3.18. The van der Waals surface area contributed by atoms with Gasteiger partial charge in [-0.15, -0.1) is 0 Å². The number of aromatic hydroxyl groups is 1. The van der Waals surface area contributed by atoms with Crippen molar-refractivity contribution < 1.29 is 14.7 Å². The first-order chi connectivity index (χ1) is 8.59. The summed E-state index contributed by atoms with van der Waals surface area (Å²) < 4.78 is 0. The average Bonchev–Trinajstić information content (AvgIpc) is 2.35. The number of fused-ring (bicyclic) bond motifs is 2. The summed E-state index contributed by atoms with van der Waals surface area (Å²) in [6.45, 7) is 1.86. The first kappa shape index (κ1) is 10.7. The molecular weight excluding hydrogens is 228 g/mol. The first-order valence-electron chi connectivity index (χ1n) is 5.61. The molecule has 0 aliphatic heterocycles. The minimum absolute atomic E-state index is 0.112. The Balaban J connectivity index is 2.36. The maximum atomic E-state index is 12.3. The van der Waals surface area contributed by atoms with E-state index in [1.54, 1.807) is 30.3 Å². The van der Waals surface area contributed by atoms with Gasteiger partial charge in [-0.25, -0.2) is 0 Å². The smallest absolute Gasteiger partial charge is 0.198 e. The summed E-state index contributed by atoms with van der Waals surface area (Å²) in [7, 11) is 0. The summed E-state index contributed by atoms with van der Waals surface area (Å²) >= 11 is 0. The molecule has 0 aromatic heterocycles. The third-order valence-electron chi connectivity index (χ3n) is 3.18. The van der Waals surface area contributed by atoms with E-state index >= 15 is 0 Å². The molecule has 1 N–H and O–H groups in total. The summed E-state index contributed by atoms with van der Waals surface area (Å²) in [6, 6.07) is 9.71. The molecule has 0 radical (unpaired) electrons. The molecule has 0 heterocycles. The van der Waals surface area contributed by atoms with Crippen molar-refractivity contribution in [1.82, 2.24) is 0 Å². The van der Waals surface area contributed by atoms with Gasteiger partial charge in [-0.05, 0) is 19.1 Å². The lowest BCUT2D eigenvalue weighted by Crippen LogP contribution is -2.21. The number of rotatable bonds is 0. The predicted octanol–water partition coefficient (Wildman–Crippen LogP) is 2.48. The fraction of sp³-hybridized carbons (Fsp3) is 0.0667. The Morgan fingerprint density at radius 1 is 0.889 bits per heavy atom. The lowest BCUT2D eigenvalue weighted by Gasteiger charge is -2.18. The Labute approximate surface area is 104 Å². The van der Waals surface area contributed by atoms with Crippen LogP contribution < -0.4 is 0 Å². The van der Waals surface area contributed by atoms with Crippen LogP contribution in [0.2, 0.25) is 0 Å². The summed E-state index contributed by atoms with van der Waals surface area (Å²) in [5, 5.41) is 9.77. The second-order valence-electron chi connectivity index (χ2n) is 4.41. The largest absolute Gasteiger partial charge is 0.507 e. The van der Waals surface area contributed by atoms with Gasteiger partial charge in [0, 0.05) is 16.7 Å². The minimum Gasteiger partial charge on any atom is -0.507 e. The van der Waals surface area contributed by atoms with E-state index < -0.39 is 0 Å². The van der Waals surface area contributed by atoms with Crippen LogP contribution in [0.4, 0.5) is 0 Å². The van der Waals surface area contributed by atoms with Crippen molar-refractivity contribution >= 4 is 11.6 Å². The Morgan fingerprint density at radius 3 is 2.44 bits per heavy atom. The maximum Gasteiger partial charge on any atom is 0.198 e.